The molecule has 7 nitrogen and oxygen atoms in total. The van der Waals surface area contributed by atoms with Gasteiger partial charge in [-0.2, -0.15) is 0 Å². The van der Waals surface area contributed by atoms with Crippen LogP contribution in [0.5, 0.6) is 0 Å². The second-order valence-electron chi connectivity index (χ2n) is 6.68. The first kappa shape index (κ1) is 16.2. The highest BCUT2D eigenvalue weighted by atomic mass is 16.5. The topological polar surface area (TPSA) is 80.5 Å². The number of hydrogen-bond donors (Lipinski definition) is 1. The Hall–Kier alpha value is -2.25. The minimum atomic E-state index is -0.203. The molecule has 7 heteroatoms. The van der Waals surface area contributed by atoms with Crippen LogP contribution in [-0.2, 0) is 11.3 Å². The number of nitrogens with zero attached hydrogens (tertiary/aromatic N) is 3. The lowest BCUT2D eigenvalue weighted by Gasteiger charge is -2.45. The fourth-order valence-corrected chi connectivity index (χ4v) is 3.83. The SMILES string of the molecule is O=C(N[C@@H]1CN(Cc2ccco2)C[C@@H]2CCCO[C@@H]21)c1cnccn1. The highest BCUT2D eigenvalue weighted by Gasteiger charge is 2.40. The summed E-state index contributed by atoms with van der Waals surface area (Å²) in [5.74, 6) is 1.16. The van der Waals surface area contributed by atoms with Crippen molar-refractivity contribution in [3.05, 3.63) is 48.4 Å². The van der Waals surface area contributed by atoms with E-state index in [1.54, 1.807) is 12.5 Å². The van der Waals surface area contributed by atoms with Crippen LogP contribution in [0.3, 0.4) is 0 Å². The van der Waals surface area contributed by atoms with Gasteiger partial charge >= 0.3 is 0 Å². The van der Waals surface area contributed by atoms with Crippen LogP contribution >= 0.6 is 0 Å². The zero-order valence-electron chi connectivity index (χ0n) is 14.0. The molecule has 2 aliphatic heterocycles. The molecule has 0 aromatic carbocycles. The fourth-order valence-electron chi connectivity index (χ4n) is 3.83. The number of amides is 1. The molecule has 2 aliphatic rings. The van der Waals surface area contributed by atoms with Gasteiger partial charge in [0.2, 0.25) is 0 Å². The summed E-state index contributed by atoms with van der Waals surface area (Å²) < 4.78 is 11.5. The molecule has 2 saturated heterocycles. The number of ether oxygens (including phenoxy) is 1. The van der Waals surface area contributed by atoms with Gasteiger partial charge in [0, 0.05) is 32.1 Å². The summed E-state index contributed by atoms with van der Waals surface area (Å²) in [5.41, 5.74) is 0.331. The number of carbonyl (C=O) groups excluding carboxylic acids is 1. The Morgan fingerprint density at radius 2 is 2.32 bits per heavy atom. The Balaban J connectivity index is 1.48. The van der Waals surface area contributed by atoms with E-state index in [9.17, 15) is 4.79 Å². The molecule has 0 bridgehead atoms. The average Bonchev–Trinajstić information content (AvgIpc) is 3.15. The largest absolute Gasteiger partial charge is 0.468 e. The number of carbonyl (C=O) groups is 1. The molecule has 1 amide bonds. The first-order chi connectivity index (χ1) is 12.3. The molecule has 4 rings (SSSR count). The zero-order valence-corrected chi connectivity index (χ0v) is 14.0. The van der Waals surface area contributed by atoms with Gasteiger partial charge in [-0.1, -0.05) is 0 Å². The average molecular weight is 342 g/mol. The smallest absolute Gasteiger partial charge is 0.271 e. The van der Waals surface area contributed by atoms with E-state index in [1.807, 2.05) is 12.1 Å². The summed E-state index contributed by atoms with van der Waals surface area (Å²) in [7, 11) is 0. The lowest BCUT2D eigenvalue weighted by Crippen LogP contribution is -2.60. The monoisotopic (exact) mass is 342 g/mol. The third kappa shape index (κ3) is 3.72. The van der Waals surface area contributed by atoms with Crippen molar-refractivity contribution in [1.82, 2.24) is 20.2 Å². The summed E-state index contributed by atoms with van der Waals surface area (Å²) in [6, 6.07) is 3.82. The number of rotatable bonds is 4. The molecule has 1 N–H and O–H groups in total. The van der Waals surface area contributed by atoms with Crippen molar-refractivity contribution in [2.75, 3.05) is 19.7 Å². The molecule has 2 aromatic rings. The van der Waals surface area contributed by atoms with Gasteiger partial charge in [0.25, 0.3) is 5.91 Å². The minimum absolute atomic E-state index is 0.0576. The molecule has 0 saturated carbocycles. The Kier molecular flexibility index (Phi) is 4.76. The maximum atomic E-state index is 12.5. The summed E-state index contributed by atoms with van der Waals surface area (Å²) in [4.78, 5) is 22.9. The molecule has 25 heavy (non-hydrogen) atoms. The summed E-state index contributed by atoms with van der Waals surface area (Å²) in [6.45, 7) is 3.20. The Morgan fingerprint density at radius 3 is 3.12 bits per heavy atom. The standard InChI is InChI=1S/C18H22N4O3/c23-18(15-9-19-5-6-20-15)21-16-12-22(11-14-4-2-7-24-14)10-13-3-1-8-25-17(13)16/h2,4-7,9,13,16-17H,1,3,8,10-12H2,(H,21,23)/t13-,16+,17-/m0/s1. The highest BCUT2D eigenvalue weighted by molar-refractivity contribution is 5.92. The van der Waals surface area contributed by atoms with E-state index >= 15 is 0 Å². The van der Waals surface area contributed by atoms with Crippen molar-refractivity contribution in [3.8, 4) is 0 Å². The number of hydrogen-bond acceptors (Lipinski definition) is 6. The van der Waals surface area contributed by atoms with E-state index in [4.69, 9.17) is 9.15 Å². The summed E-state index contributed by atoms with van der Waals surface area (Å²) in [5, 5.41) is 3.11. The second-order valence-corrected chi connectivity index (χ2v) is 6.68. The van der Waals surface area contributed by atoms with Crippen LogP contribution < -0.4 is 5.32 Å². The Labute approximate surface area is 146 Å². The molecule has 132 valence electrons. The van der Waals surface area contributed by atoms with Crippen LogP contribution in [-0.4, -0.2) is 52.6 Å². The van der Waals surface area contributed by atoms with Crippen LogP contribution in [0.4, 0.5) is 0 Å². The first-order valence-corrected chi connectivity index (χ1v) is 8.73. The first-order valence-electron chi connectivity index (χ1n) is 8.73. The van der Waals surface area contributed by atoms with Gasteiger partial charge in [-0.15, -0.1) is 0 Å². The van der Waals surface area contributed by atoms with Gasteiger partial charge < -0.3 is 14.5 Å². The minimum Gasteiger partial charge on any atom is -0.468 e. The van der Waals surface area contributed by atoms with Gasteiger partial charge in [-0.25, -0.2) is 4.98 Å². The molecule has 4 heterocycles. The van der Waals surface area contributed by atoms with E-state index in [-0.39, 0.29) is 18.1 Å². The van der Waals surface area contributed by atoms with Crippen LogP contribution in [0.15, 0.2) is 41.4 Å². The lowest BCUT2D eigenvalue weighted by atomic mass is 9.85. The van der Waals surface area contributed by atoms with E-state index in [1.165, 1.54) is 12.4 Å². The number of furan rings is 1. The highest BCUT2D eigenvalue weighted by Crippen LogP contribution is 2.29. The fraction of sp³-hybridized carbons (Fsp3) is 0.500. The van der Waals surface area contributed by atoms with Crippen LogP contribution in [0.1, 0.15) is 29.1 Å². The maximum absolute atomic E-state index is 12.5. The van der Waals surface area contributed by atoms with E-state index in [2.05, 4.69) is 20.2 Å². The van der Waals surface area contributed by atoms with Crippen LogP contribution in [0.25, 0.3) is 0 Å². The van der Waals surface area contributed by atoms with Gasteiger partial charge in [-0.3, -0.25) is 14.7 Å². The number of piperidine rings is 1. The zero-order chi connectivity index (χ0) is 17.1. The molecular weight excluding hydrogens is 320 g/mol. The van der Waals surface area contributed by atoms with Crippen molar-refractivity contribution < 1.29 is 13.9 Å². The van der Waals surface area contributed by atoms with Gasteiger partial charge in [0.15, 0.2) is 0 Å². The number of nitrogens with one attached hydrogen (secondary N) is 1. The van der Waals surface area contributed by atoms with E-state index < -0.39 is 0 Å². The Morgan fingerprint density at radius 1 is 1.36 bits per heavy atom. The van der Waals surface area contributed by atoms with E-state index in [0.29, 0.717) is 11.6 Å². The summed E-state index contributed by atoms with van der Waals surface area (Å²) in [6.07, 6.45) is 8.51. The van der Waals surface area contributed by atoms with Gasteiger partial charge in [-0.05, 0) is 30.9 Å². The third-order valence-electron chi connectivity index (χ3n) is 4.91. The third-order valence-corrected chi connectivity index (χ3v) is 4.91. The molecule has 0 aliphatic carbocycles. The van der Waals surface area contributed by atoms with Crippen molar-refractivity contribution in [3.63, 3.8) is 0 Å². The molecule has 2 aromatic heterocycles. The van der Waals surface area contributed by atoms with E-state index in [0.717, 1.165) is 44.8 Å². The lowest BCUT2D eigenvalue weighted by molar-refractivity contribution is -0.0855. The number of fused-ring (bicyclic) bond motifs is 1. The number of likely N-dealkylation sites (tertiary alicyclic amines) is 1. The van der Waals surface area contributed by atoms with Crippen LogP contribution in [0, 0.1) is 5.92 Å². The molecule has 0 radical (unpaired) electrons. The molecule has 0 unspecified atom stereocenters. The molecule has 0 spiro atoms. The van der Waals surface area contributed by atoms with Crippen molar-refractivity contribution in [1.29, 1.82) is 0 Å². The predicted octanol–water partition coefficient (Wildman–Crippen LogP) is 1.48. The maximum Gasteiger partial charge on any atom is 0.271 e. The van der Waals surface area contributed by atoms with Crippen molar-refractivity contribution in [2.24, 2.45) is 5.92 Å². The van der Waals surface area contributed by atoms with Crippen LogP contribution in [0.2, 0.25) is 0 Å². The predicted molar refractivity (Wildman–Crippen MR) is 89.7 cm³/mol. The normalized spacial score (nSPS) is 26.8. The van der Waals surface area contributed by atoms with Gasteiger partial charge in [0.05, 0.1) is 31.2 Å². The van der Waals surface area contributed by atoms with Crippen molar-refractivity contribution in [2.45, 2.75) is 31.5 Å². The molecule has 2 fully saturated rings. The van der Waals surface area contributed by atoms with Gasteiger partial charge in [0.1, 0.15) is 11.5 Å². The molecule has 3 atom stereocenters. The molecular formula is C18H22N4O3. The Bertz CT molecular complexity index is 692. The van der Waals surface area contributed by atoms with Crippen molar-refractivity contribution >= 4 is 5.91 Å². The quantitative estimate of drug-likeness (QED) is 0.906. The summed E-state index contributed by atoms with van der Waals surface area (Å²) >= 11 is 0. The number of aromatic nitrogens is 2. The second kappa shape index (κ2) is 7.33.